The third-order valence-corrected chi connectivity index (χ3v) is 6.43. The van der Waals surface area contributed by atoms with Crippen molar-refractivity contribution in [3.8, 4) is 5.75 Å². The van der Waals surface area contributed by atoms with Gasteiger partial charge in [0.1, 0.15) is 5.75 Å². The number of amides is 1. The lowest BCUT2D eigenvalue weighted by molar-refractivity contribution is -0.116. The highest BCUT2D eigenvalue weighted by Crippen LogP contribution is 2.28. The average molecular weight is 499 g/mol. The summed E-state index contributed by atoms with van der Waals surface area (Å²) in [7, 11) is -0.491. The molecule has 0 spiro atoms. The Hall–Kier alpha value is -3.15. The highest BCUT2D eigenvalue weighted by atomic mass is 35.5. The fourth-order valence-corrected chi connectivity index (χ4v) is 4.21. The lowest BCUT2D eigenvalue weighted by Gasteiger charge is -2.18. The fraction of sp³-hybridized carbons (Fsp3) is 0.286. The summed E-state index contributed by atoms with van der Waals surface area (Å²) < 4.78 is 41.1. The average Bonchev–Trinajstić information content (AvgIpc) is 2.78. The molecule has 0 fully saturated rings. The van der Waals surface area contributed by atoms with Gasteiger partial charge in [0, 0.05) is 12.7 Å². The van der Waals surface area contributed by atoms with Gasteiger partial charge in [-0.3, -0.25) is 4.79 Å². The predicted molar refractivity (Wildman–Crippen MR) is 120 cm³/mol. The molecule has 0 atom stereocenters. The van der Waals surface area contributed by atoms with Crippen molar-refractivity contribution < 1.29 is 37.0 Å². The molecule has 0 aliphatic rings. The number of methoxy groups -OCH3 is 2. The Morgan fingerprint density at radius 2 is 1.58 bits per heavy atom. The second-order valence-electron chi connectivity index (χ2n) is 6.62. The van der Waals surface area contributed by atoms with Crippen LogP contribution in [0.1, 0.15) is 27.6 Å². The number of halogens is 1. The van der Waals surface area contributed by atoms with Gasteiger partial charge in [-0.2, -0.15) is 4.31 Å². The molecule has 2 aromatic rings. The number of benzene rings is 2. The van der Waals surface area contributed by atoms with Crippen molar-refractivity contribution in [2.45, 2.75) is 11.8 Å². The molecule has 0 aromatic heterocycles. The van der Waals surface area contributed by atoms with Crippen molar-refractivity contribution in [2.75, 3.05) is 39.7 Å². The molecule has 0 bridgehead atoms. The molecule has 0 heterocycles. The number of likely N-dealkylation sites (N-methyl/N-ethyl adjacent to an activating group) is 1. The normalized spacial score (nSPS) is 11.1. The first-order valence-corrected chi connectivity index (χ1v) is 11.4. The summed E-state index contributed by atoms with van der Waals surface area (Å²) in [6, 6.07) is 7.81. The number of esters is 2. The van der Waals surface area contributed by atoms with E-state index >= 15 is 0 Å². The van der Waals surface area contributed by atoms with Crippen molar-refractivity contribution in [1.82, 2.24) is 4.31 Å². The number of hydrogen-bond donors (Lipinski definition) is 1. The zero-order valence-electron chi connectivity index (χ0n) is 18.4. The SMILES string of the molecule is CCOc1ccc(S(=O)(=O)N(C)CC(=O)Nc2cc(C(=O)OC)cc(C(=O)OC)c2)cc1Cl. The Morgan fingerprint density at radius 3 is 2.06 bits per heavy atom. The number of sulfonamides is 1. The molecule has 0 saturated carbocycles. The second kappa shape index (κ2) is 11.1. The molecule has 178 valence electrons. The number of hydrogen-bond acceptors (Lipinski definition) is 8. The molecule has 1 amide bonds. The van der Waals surface area contributed by atoms with Crippen LogP contribution in [0.3, 0.4) is 0 Å². The van der Waals surface area contributed by atoms with E-state index in [0.717, 1.165) is 4.31 Å². The van der Waals surface area contributed by atoms with Crippen molar-refractivity contribution in [2.24, 2.45) is 0 Å². The minimum Gasteiger partial charge on any atom is -0.492 e. The molecule has 2 rings (SSSR count). The van der Waals surface area contributed by atoms with E-state index in [1.807, 2.05) is 0 Å². The van der Waals surface area contributed by atoms with E-state index in [4.69, 9.17) is 16.3 Å². The van der Waals surface area contributed by atoms with E-state index in [-0.39, 0.29) is 26.7 Å². The summed E-state index contributed by atoms with van der Waals surface area (Å²) in [5.74, 6) is -1.84. The van der Waals surface area contributed by atoms with Crippen LogP contribution in [-0.2, 0) is 24.3 Å². The van der Waals surface area contributed by atoms with E-state index < -0.39 is 34.4 Å². The minimum absolute atomic E-state index is 0.000654. The second-order valence-corrected chi connectivity index (χ2v) is 9.07. The van der Waals surface area contributed by atoms with Crippen LogP contribution < -0.4 is 10.1 Å². The van der Waals surface area contributed by atoms with Crippen LogP contribution in [0, 0.1) is 0 Å². The van der Waals surface area contributed by atoms with Crippen molar-refractivity contribution in [3.05, 3.63) is 52.5 Å². The van der Waals surface area contributed by atoms with E-state index in [1.165, 1.54) is 57.7 Å². The number of ether oxygens (including phenoxy) is 3. The first-order valence-electron chi connectivity index (χ1n) is 9.53. The number of rotatable bonds is 9. The van der Waals surface area contributed by atoms with Crippen LogP contribution in [-0.4, -0.2) is 65.0 Å². The third kappa shape index (κ3) is 6.44. The van der Waals surface area contributed by atoms with Gasteiger partial charge in [0.05, 0.1) is 48.4 Å². The fourth-order valence-electron chi connectivity index (χ4n) is 2.75. The first-order chi connectivity index (χ1) is 15.5. The zero-order valence-corrected chi connectivity index (χ0v) is 20.0. The van der Waals surface area contributed by atoms with Crippen LogP contribution in [0.4, 0.5) is 5.69 Å². The maximum atomic E-state index is 12.8. The van der Waals surface area contributed by atoms with E-state index in [1.54, 1.807) is 6.92 Å². The smallest absolute Gasteiger partial charge is 0.337 e. The third-order valence-electron chi connectivity index (χ3n) is 4.34. The molecule has 0 radical (unpaired) electrons. The van der Waals surface area contributed by atoms with Gasteiger partial charge in [-0.1, -0.05) is 11.6 Å². The highest BCUT2D eigenvalue weighted by molar-refractivity contribution is 7.89. The summed E-state index contributed by atoms with van der Waals surface area (Å²) >= 11 is 6.07. The van der Waals surface area contributed by atoms with Crippen molar-refractivity contribution >= 4 is 45.2 Å². The lowest BCUT2D eigenvalue weighted by atomic mass is 10.1. The number of anilines is 1. The molecule has 0 aliphatic heterocycles. The minimum atomic E-state index is -4.05. The van der Waals surface area contributed by atoms with Crippen LogP contribution in [0.25, 0.3) is 0 Å². The summed E-state index contributed by atoms with van der Waals surface area (Å²) in [5.41, 5.74) is 0.0830. The molecule has 1 N–H and O–H groups in total. The quantitative estimate of drug-likeness (QED) is 0.522. The van der Waals surface area contributed by atoms with Gasteiger partial charge in [0.25, 0.3) is 0 Å². The standard InChI is InChI=1S/C21H23ClN2O8S/c1-5-32-18-7-6-16(11-17(18)22)33(28,29)24(2)12-19(25)23-15-9-13(20(26)30-3)8-14(10-15)21(27)31-4/h6-11H,5,12H2,1-4H3,(H,23,25). The van der Waals surface area contributed by atoms with Crippen LogP contribution in [0.2, 0.25) is 5.02 Å². The van der Waals surface area contributed by atoms with Gasteiger partial charge in [0.2, 0.25) is 15.9 Å². The van der Waals surface area contributed by atoms with Crippen LogP contribution in [0.5, 0.6) is 5.75 Å². The Kier molecular flexibility index (Phi) is 8.80. The zero-order chi connectivity index (χ0) is 24.8. The molecule has 0 saturated heterocycles. The van der Waals surface area contributed by atoms with Gasteiger partial charge < -0.3 is 19.5 Å². The van der Waals surface area contributed by atoms with Gasteiger partial charge in [0.15, 0.2) is 0 Å². The number of nitrogens with one attached hydrogen (secondary N) is 1. The molecular weight excluding hydrogens is 476 g/mol. The number of carbonyl (C=O) groups excluding carboxylic acids is 3. The van der Waals surface area contributed by atoms with E-state index in [0.29, 0.717) is 12.4 Å². The lowest BCUT2D eigenvalue weighted by Crippen LogP contribution is -2.35. The van der Waals surface area contributed by atoms with Gasteiger partial charge in [-0.15, -0.1) is 0 Å². The molecule has 12 heteroatoms. The molecular formula is C21H23ClN2O8S. The van der Waals surface area contributed by atoms with Crippen LogP contribution in [0.15, 0.2) is 41.3 Å². The first kappa shape index (κ1) is 26.1. The van der Waals surface area contributed by atoms with Gasteiger partial charge in [-0.05, 0) is 43.3 Å². The van der Waals surface area contributed by atoms with Gasteiger partial charge in [-0.25, -0.2) is 18.0 Å². The Morgan fingerprint density at radius 1 is 1.00 bits per heavy atom. The Bertz CT molecular complexity index is 1130. The van der Waals surface area contributed by atoms with Crippen molar-refractivity contribution in [3.63, 3.8) is 0 Å². The molecule has 33 heavy (non-hydrogen) atoms. The van der Waals surface area contributed by atoms with E-state index in [2.05, 4.69) is 14.8 Å². The maximum absolute atomic E-state index is 12.8. The molecule has 2 aromatic carbocycles. The maximum Gasteiger partial charge on any atom is 0.337 e. The summed E-state index contributed by atoms with van der Waals surface area (Å²) in [4.78, 5) is 36.2. The van der Waals surface area contributed by atoms with E-state index in [9.17, 15) is 22.8 Å². The Labute approximate surface area is 196 Å². The number of nitrogens with zero attached hydrogens (tertiary/aromatic N) is 1. The summed E-state index contributed by atoms with van der Waals surface area (Å²) in [5, 5.41) is 2.58. The number of carbonyl (C=O) groups is 3. The molecule has 0 unspecified atom stereocenters. The molecule has 0 aliphatic carbocycles. The van der Waals surface area contributed by atoms with Crippen LogP contribution >= 0.6 is 11.6 Å². The monoisotopic (exact) mass is 498 g/mol. The predicted octanol–water partition coefficient (Wildman–Crippen LogP) is 2.57. The van der Waals surface area contributed by atoms with Crippen molar-refractivity contribution in [1.29, 1.82) is 0 Å². The topological polar surface area (TPSA) is 128 Å². The Balaban J connectivity index is 2.22. The van der Waals surface area contributed by atoms with Gasteiger partial charge >= 0.3 is 11.9 Å². The summed E-state index contributed by atoms with van der Waals surface area (Å²) in [6.45, 7) is 1.58. The highest BCUT2D eigenvalue weighted by Gasteiger charge is 2.24. The summed E-state index contributed by atoms with van der Waals surface area (Å²) in [6.07, 6.45) is 0. The largest absolute Gasteiger partial charge is 0.492 e. The molecule has 10 nitrogen and oxygen atoms in total.